The third kappa shape index (κ3) is 3.25. The molecule has 0 aliphatic heterocycles. The van der Waals surface area contributed by atoms with E-state index in [-0.39, 0.29) is 0 Å². The van der Waals surface area contributed by atoms with Crippen LogP contribution in [0.15, 0.2) is 40.8 Å². The summed E-state index contributed by atoms with van der Waals surface area (Å²) >= 11 is 1.41. The van der Waals surface area contributed by atoms with Gasteiger partial charge in [0.2, 0.25) is 0 Å². The van der Waals surface area contributed by atoms with Crippen molar-refractivity contribution in [3.05, 3.63) is 41.9 Å². The maximum Gasteiger partial charge on any atom is 0.194 e. The van der Waals surface area contributed by atoms with Gasteiger partial charge < -0.3 is 5.11 Å². The van der Waals surface area contributed by atoms with Crippen LogP contribution in [-0.4, -0.2) is 20.1 Å². The van der Waals surface area contributed by atoms with Crippen molar-refractivity contribution in [1.29, 1.82) is 0 Å². The molecule has 17 heavy (non-hydrogen) atoms. The van der Waals surface area contributed by atoms with E-state index in [0.717, 1.165) is 16.3 Å². The monoisotopic (exact) mass is 247 g/mol. The molecule has 0 aliphatic carbocycles. The number of aromatic nitrogens is 3. The average Bonchev–Trinajstić information content (AvgIpc) is 2.29. The minimum absolute atomic E-state index is 0.489. The van der Waals surface area contributed by atoms with Gasteiger partial charge in [-0.2, -0.15) is 0 Å². The third-order valence-electron chi connectivity index (χ3n) is 2.21. The Balaban J connectivity index is 2.14. The Morgan fingerprint density at radius 1 is 1.24 bits per heavy atom. The Morgan fingerprint density at radius 2 is 2.06 bits per heavy atom. The first kappa shape index (κ1) is 12.0. The van der Waals surface area contributed by atoms with Crippen molar-refractivity contribution >= 4 is 11.8 Å². The molecule has 0 aliphatic rings. The predicted octanol–water partition coefficient (Wildman–Crippen LogP) is 2.38. The van der Waals surface area contributed by atoms with Gasteiger partial charge in [0.05, 0.1) is 6.10 Å². The zero-order valence-corrected chi connectivity index (χ0v) is 10.5. The summed E-state index contributed by atoms with van der Waals surface area (Å²) in [4.78, 5) is 12.7. The summed E-state index contributed by atoms with van der Waals surface area (Å²) in [6.07, 6.45) is 2.91. The summed E-state index contributed by atoms with van der Waals surface area (Å²) < 4.78 is 0. The second kappa shape index (κ2) is 5.25. The van der Waals surface area contributed by atoms with E-state index >= 15 is 0 Å². The quantitative estimate of drug-likeness (QED) is 0.844. The summed E-state index contributed by atoms with van der Waals surface area (Å²) in [5.41, 5.74) is 1.74. The van der Waals surface area contributed by atoms with Crippen LogP contribution in [0.3, 0.4) is 0 Å². The molecule has 0 saturated heterocycles. The molecule has 1 atom stereocenters. The smallest absolute Gasteiger partial charge is 0.194 e. The van der Waals surface area contributed by atoms with Gasteiger partial charge in [0.1, 0.15) is 5.03 Å². The molecule has 0 aromatic carbocycles. The number of pyridine rings is 1. The molecule has 0 fully saturated rings. The lowest BCUT2D eigenvalue weighted by Crippen LogP contribution is -1.93. The van der Waals surface area contributed by atoms with E-state index in [2.05, 4.69) is 15.0 Å². The van der Waals surface area contributed by atoms with Crippen LogP contribution in [0, 0.1) is 6.92 Å². The van der Waals surface area contributed by atoms with Crippen molar-refractivity contribution in [3.63, 3.8) is 0 Å². The molecule has 88 valence electrons. The topological polar surface area (TPSA) is 58.9 Å². The molecule has 0 saturated carbocycles. The molecular weight excluding hydrogens is 234 g/mol. The summed E-state index contributed by atoms with van der Waals surface area (Å²) in [7, 11) is 0. The lowest BCUT2D eigenvalue weighted by atomic mass is 10.2. The molecule has 0 bridgehead atoms. The molecule has 0 unspecified atom stereocenters. The van der Waals surface area contributed by atoms with E-state index in [0.29, 0.717) is 5.16 Å². The standard InChI is InChI=1S/C12H13N3OS/c1-8-5-6-13-12(15-8)17-11-4-3-10(7-14-11)9(2)16/h3-7,9,16H,1-2H3/t9-/m1/s1. The molecule has 5 heteroatoms. The van der Waals surface area contributed by atoms with Crippen molar-refractivity contribution in [2.24, 2.45) is 0 Å². The Bertz CT molecular complexity index is 499. The first-order valence-corrected chi connectivity index (χ1v) is 6.08. The van der Waals surface area contributed by atoms with Gasteiger partial charge in [0.25, 0.3) is 0 Å². The average molecular weight is 247 g/mol. The highest BCUT2D eigenvalue weighted by molar-refractivity contribution is 7.99. The fourth-order valence-corrected chi connectivity index (χ4v) is 2.00. The molecule has 0 spiro atoms. The largest absolute Gasteiger partial charge is 0.389 e. The van der Waals surface area contributed by atoms with Crippen molar-refractivity contribution in [2.45, 2.75) is 30.1 Å². The lowest BCUT2D eigenvalue weighted by Gasteiger charge is -2.04. The maximum atomic E-state index is 9.37. The molecule has 0 amide bonds. The first-order valence-electron chi connectivity index (χ1n) is 5.26. The van der Waals surface area contributed by atoms with Gasteiger partial charge in [-0.1, -0.05) is 6.07 Å². The summed E-state index contributed by atoms with van der Waals surface area (Å²) in [5.74, 6) is 0. The molecule has 4 nitrogen and oxygen atoms in total. The number of aliphatic hydroxyl groups is 1. The second-order valence-electron chi connectivity index (χ2n) is 3.69. The van der Waals surface area contributed by atoms with Crippen LogP contribution in [0.2, 0.25) is 0 Å². The highest BCUT2D eigenvalue weighted by Crippen LogP contribution is 2.23. The molecule has 2 heterocycles. The van der Waals surface area contributed by atoms with Crippen LogP contribution in [0.25, 0.3) is 0 Å². The summed E-state index contributed by atoms with van der Waals surface area (Å²) in [6.45, 7) is 3.64. The van der Waals surface area contributed by atoms with Crippen LogP contribution in [0.5, 0.6) is 0 Å². The van der Waals surface area contributed by atoms with Gasteiger partial charge in [-0.05, 0) is 43.3 Å². The fourth-order valence-electron chi connectivity index (χ4n) is 1.27. The molecule has 0 radical (unpaired) electrons. The van der Waals surface area contributed by atoms with Gasteiger partial charge in [-0.3, -0.25) is 0 Å². The molecule has 2 aromatic heterocycles. The van der Waals surface area contributed by atoms with E-state index in [1.54, 1.807) is 19.3 Å². The Hall–Kier alpha value is -1.46. The van der Waals surface area contributed by atoms with E-state index < -0.39 is 6.10 Å². The van der Waals surface area contributed by atoms with Gasteiger partial charge >= 0.3 is 0 Å². The summed E-state index contributed by atoms with van der Waals surface area (Å²) in [5, 5.41) is 10.9. The number of rotatable bonds is 3. The number of hydrogen-bond acceptors (Lipinski definition) is 5. The fraction of sp³-hybridized carbons (Fsp3) is 0.250. The van der Waals surface area contributed by atoms with Gasteiger partial charge in [-0.15, -0.1) is 0 Å². The number of hydrogen-bond donors (Lipinski definition) is 1. The van der Waals surface area contributed by atoms with E-state index in [4.69, 9.17) is 0 Å². The van der Waals surface area contributed by atoms with Crippen molar-refractivity contribution in [1.82, 2.24) is 15.0 Å². The Morgan fingerprint density at radius 3 is 2.65 bits per heavy atom. The number of aryl methyl sites for hydroxylation is 1. The van der Waals surface area contributed by atoms with E-state index in [1.165, 1.54) is 11.8 Å². The minimum atomic E-state index is -0.489. The predicted molar refractivity (Wildman–Crippen MR) is 65.8 cm³/mol. The lowest BCUT2D eigenvalue weighted by molar-refractivity contribution is 0.198. The van der Waals surface area contributed by atoms with E-state index in [1.807, 2.05) is 25.1 Å². The van der Waals surface area contributed by atoms with Crippen LogP contribution < -0.4 is 0 Å². The normalized spacial score (nSPS) is 12.4. The van der Waals surface area contributed by atoms with E-state index in [9.17, 15) is 5.11 Å². The number of aliphatic hydroxyl groups excluding tert-OH is 1. The zero-order chi connectivity index (χ0) is 12.3. The first-order chi connectivity index (χ1) is 8.15. The van der Waals surface area contributed by atoms with Crippen LogP contribution >= 0.6 is 11.8 Å². The maximum absolute atomic E-state index is 9.37. The Labute approximate surface area is 104 Å². The third-order valence-corrected chi connectivity index (χ3v) is 3.04. The van der Waals surface area contributed by atoms with Gasteiger partial charge in [-0.25, -0.2) is 15.0 Å². The SMILES string of the molecule is Cc1ccnc(Sc2ccc([C@@H](C)O)cn2)n1. The molecule has 1 N–H and O–H groups in total. The second-order valence-corrected chi connectivity index (χ2v) is 4.68. The zero-order valence-electron chi connectivity index (χ0n) is 9.66. The highest BCUT2D eigenvalue weighted by Gasteiger charge is 2.04. The van der Waals surface area contributed by atoms with Crippen LogP contribution in [-0.2, 0) is 0 Å². The van der Waals surface area contributed by atoms with Crippen LogP contribution in [0.1, 0.15) is 24.3 Å². The minimum Gasteiger partial charge on any atom is -0.389 e. The molecule has 2 rings (SSSR count). The van der Waals surface area contributed by atoms with Gasteiger partial charge in [0.15, 0.2) is 5.16 Å². The molecular formula is C12H13N3OS. The molecule has 2 aromatic rings. The van der Waals surface area contributed by atoms with Crippen LogP contribution in [0.4, 0.5) is 0 Å². The van der Waals surface area contributed by atoms with Crippen molar-refractivity contribution in [2.75, 3.05) is 0 Å². The van der Waals surface area contributed by atoms with Crippen molar-refractivity contribution in [3.8, 4) is 0 Å². The number of nitrogens with zero attached hydrogens (tertiary/aromatic N) is 3. The van der Waals surface area contributed by atoms with Crippen molar-refractivity contribution < 1.29 is 5.11 Å². The summed E-state index contributed by atoms with van der Waals surface area (Å²) in [6, 6.07) is 5.57. The highest BCUT2D eigenvalue weighted by atomic mass is 32.2. The Kier molecular flexibility index (Phi) is 3.71. The van der Waals surface area contributed by atoms with Gasteiger partial charge in [0, 0.05) is 18.1 Å².